The van der Waals surface area contributed by atoms with E-state index in [1.807, 2.05) is 51.1 Å². The van der Waals surface area contributed by atoms with Gasteiger partial charge >= 0.3 is 0 Å². The number of imidazole rings is 1. The van der Waals surface area contributed by atoms with Gasteiger partial charge < -0.3 is 64.0 Å². The second-order valence-corrected chi connectivity index (χ2v) is 18.9. The molecule has 7 atom stereocenters. The molecule has 14 N–H and O–H groups in total. The molecule has 73 heavy (non-hydrogen) atoms. The zero-order valence-electron chi connectivity index (χ0n) is 42.5. The second kappa shape index (κ2) is 29.0. The van der Waals surface area contributed by atoms with Crippen molar-refractivity contribution >= 4 is 64.1 Å². The summed E-state index contributed by atoms with van der Waals surface area (Å²) < 4.78 is 0. The largest absolute Gasteiger partial charge is 0.370 e. The van der Waals surface area contributed by atoms with Gasteiger partial charge in [-0.15, -0.1) is 0 Å². The van der Waals surface area contributed by atoms with Gasteiger partial charge in [-0.05, 0) is 61.6 Å². The van der Waals surface area contributed by atoms with E-state index in [-0.39, 0.29) is 43.9 Å². The molecule has 2 aromatic heterocycles. The van der Waals surface area contributed by atoms with Crippen molar-refractivity contribution in [1.29, 1.82) is 0 Å². The average molecular weight is 1010 g/mol. The summed E-state index contributed by atoms with van der Waals surface area (Å²) in [5.74, 6) is -6.65. The quantitative estimate of drug-likeness (QED) is 0.0313. The first kappa shape index (κ1) is 58.0. The lowest BCUT2D eigenvalue weighted by Crippen LogP contribution is -2.59. The van der Waals surface area contributed by atoms with Crippen LogP contribution in [-0.4, -0.2) is 123 Å². The number of hydrogen-bond donors (Lipinski definition) is 12. The van der Waals surface area contributed by atoms with E-state index in [0.29, 0.717) is 24.2 Å². The Morgan fingerprint density at radius 2 is 1.29 bits per heavy atom. The number of nitrogens with zero attached hydrogens (tertiary/aromatic N) is 1. The molecular formula is C51H73N13O9. The number of aromatic amines is 2. The van der Waals surface area contributed by atoms with Crippen LogP contribution in [0.4, 0.5) is 0 Å². The third-order valence-electron chi connectivity index (χ3n) is 11.9. The molecule has 0 fully saturated rings. The fourth-order valence-electron chi connectivity index (χ4n) is 7.82. The van der Waals surface area contributed by atoms with Crippen LogP contribution in [0.2, 0.25) is 0 Å². The van der Waals surface area contributed by atoms with E-state index in [0.717, 1.165) is 29.3 Å². The van der Waals surface area contributed by atoms with Crippen molar-refractivity contribution in [2.24, 2.45) is 23.3 Å². The number of amides is 9. The zero-order valence-corrected chi connectivity index (χ0v) is 42.5. The number of unbranched alkanes of at least 4 members (excludes halogenated alkanes) is 1. The van der Waals surface area contributed by atoms with Gasteiger partial charge in [-0.2, -0.15) is 0 Å². The molecule has 2 heterocycles. The van der Waals surface area contributed by atoms with Crippen molar-refractivity contribution in [3.63, 3.8) is 0 Å². The minimum atomic E-state index is -1.33. The molecule has 396 valence electrons. The molecule has 2 aromatic carbocycles. The summed E-state index contributed by atoms with van der Waals surface area (Å²) in [7, 11) is 0. The van der Waals surface area contributed by atoms with Gasteiger partial charge in [0.05, 0.1) is 18.9 Å². The molecule has 9 amide bonds. The lowest BCUT2D eigenvalue weighted by Gasteiger charge is -2.26. The number of H-pyrrole nitrogens is 2. The van der Waals surface area contributed by atoms with Crippen LogP contribution in [0.5, 0.6) is 0 Å². The molecule has 0 saturated carbocycles. The molecule has 0 spiro atoms. The third kappa shape index (κ3) is 19.1. The highest BCUT2D eigenvalue weighted by molar-refractivity contribution is 5.98. The predicted octanol–water partition coefficient (Wildman–Crippen LogP) is 0.175. The van der Waals surface area contributed by atoms with E-state index in [1.54, 1.807) is 44.3 Å². The standard InChI is InChI=1S/C51H73N13O9/c1-7-8-20-55-47(69)39(21-29(2)3)62-50(72)41(24-34-26-54-28-58-34)60-43(66)27-57-51(73)44(30(4)5)64-45(67)31(6)59-49(71)40(23-33-25-56-37-17-13-12-16-35(33)37)63-48(70)38(18-19-42(53)65)61-46(68)36(52)22-32-14-10-9-11-15-32/h9-17,25-26,28-31,36,38-41,44,56H,7-8,18-24,27,52H2,1-6H3,(H2,53,65)(H,54,58)(H,55,69)(H,57,73)(H,59,71)(H,60,66)(H,61,68)(H,62,72)(H,63,70)(H,64,67)/t31-,36+,38-,39-,40-,41-,44-/m0/s1. The monoisotopic (exact) mass is 1010 g/mol. The molecule has 0 saturated heterocycles. The molecule has 0 aliphatic heterocycles. The van der Waals surface area contributed by atoms with Crippen molar-refractivity contribution in [1.82, 2.24) is 57.5 Å². The Morgan fingerprint density at radius 1 is 0.644 bits per heavy atom. The van der Waals surface area contributed by atoms with Crippen LogP contribution in [0.1, 0.15) is 90.5 Å². The molecule has 4 aromatic rings. The number of nitrogens with two attached hydrogens (primary N) is 2. The summed E-state index contributed by atoms with van der Waals surface area (Å²) in [5.41, 5.74) is 14.4. The summed E-state index contributed by atoms with van der Waals surface area (Å²) in [6, 6.07) is 8.09. The zero-order chi connectivity index (χ0) is 53.6. The van der Waals surface area contributed by atoms with Gasteiger partial charge in [-0.1, -0.05) is 89.6 Å². The van der Waals surface area contributed by atoms with Crippen molar-refractivity contribution in [3.05, 3.63) is 90.1 Å². The van der Waals surface area contributed by atoms with Gasteiger partial charge in [-0.25, -0.2) is 4.98 Å². The Labute approximate surface area is 425 Å². The van der Waals surface area contributed by atoms with E-state index in [4.69, 9.17) is 11.5 Å². The maximum atomic E-state index is 14.2. The number of aromatic nitrogens is 3. The summed E-state index contributed by atoms with van der Waals surface area (Å²) in [6.07, 6.45) is 6.19. The minimum absolute atomic E-state index is 0.00564. The SMILES string of the molecule is CCCCNC(=O)[C@H](CC(C)C)NC(=O)[C@H](Cc1cnc[nH]1)NC(=O)CNC(=O)[C@@H](NC(=O)[C@H](C)NC(=O)[C@H](Cc1c[nH]c2ccccc12)NC(=O)[C@H](CCC(N)=O)NC(=O)[C@H](N)Cc1ccccc1)C(C)C. The first-order chi connectivity index (χ1) is 34.8. The van der Waals surface area contributed by atoms with Crippen molar-refractivity contribution in [2.75, 3.05) is 13.1 Å². The van der Waals surface area contributed by atoms with Gasteiger partial charge in [-0.3, -0.25) is 43.2 Å². The lowest BCUT2D eigenvalue weighted by molar-refractivity contribution is -0.135. The van der Waals surface area contributed by atoms with E-state index >= 15 is 0 Å². The van der Waals surface area contributed by atoms with Crippen molar-refractivity contribution < 1.29 is 43.2 Å². The average Bonchev–Trinajstić information content (AvgIpc) is 4.03. The molecular weight excluding hydrogens is 939 g/mol. The Kier molecular flexibility index (Phi) is 23.0. The van der Waals surface area contributed by atoms with E-state index in [2.05, 4.69) is 57.5 Å². The molecule has 0 aliphatic rings. The van der Waals surface area contributed by atoms with Crippen LogP contribution in [0.15, 0.2) is 73.3 Å². The van der Waals surface area contributed by atoms with E-state index < -0.39 is 102 Å². The molecule has 0 unspecified atom stereocenters. The van der Waals surface area contributed by atoms with Crippen LogP contribution in [0, 0.1) is 11.8 Å². The molecule has 0 bridgehead atoms. The van der Waals surface area contributed by atoms with E-state index in [1.165, 1.54) is 19.4 Å². The summed E-state index contributed by atoms with van der Waals surface area (Å²) in [6.45, 7) is 10.4. The predicted molar refractivity (Wildman–Crippen MR) is 273 cm³/mol. The number of hydrogen-bond acceptors (Lipinski definition) is 11. The van der Waals surface area contributed by atoms with Gasteiger partial charge in [0.15, 0.2) is 0 Å². The highest BCUT2D eigenvalue weighted by Crippen LogP contribution is 2.20. The number of carbonyl (C=O) groups excluding carboxylic acids is 9. The molecule has 22 heteroatoms. The highest BCUT2D eigenvalue weighted by Gasteiger charge is 2.33. The minimum Gasteiger partial charge on any atom is -0.370 e. The Hall–Kier alpha value is -7.62. The molecule has 0 radical (unpaired) electrons. The summed E-state index contributed by atoms with van der Waals surface area (Å²) in [5, 5.41) is 22.1. The normalized spacial score (nSPS) is 14.1. The number of rotatable bonds is 30. The maximum Gasteiger partial charge on any atom is 0.243 e. The first-order valence-electron chi connectivity index (χ1n) is 24.7. The molecule has 4 rings (SSSR count). The first-order valence-corrected chi connectivity index (χ1v) is 24.7. The number of para-hydroxylation sites is 1. The van der Waals surface area contributed by atoms with Crippen molar-refractivity contribution in [2.45, 2.75) is 135 Å². The number of primary amides is 1. The van der Waals surface area contributed by atoms with Crippen LogP contribution >= 0.6 is 0 Å². The Morgan fingerprint density at radius 3 is 1.95 bits per heavy atom. The number of fused-ring (bicyclic) bond motifs is 1. The Bertz CT molecular complexity index is 2480. The summed E-state index contributed by atoms with van der Waals surface area (Å²) >= 11 is 0. The number of nitrogens with one attached hydrogen (secondary N) is 10. The van der Waals surface area contributed by atoms with Gasteiger partial charge in [0.2, 0.25) is 53.2 Å². The van der Waals surface area contributed by atoms with Crippen LogP contribution in [-0.2, 0) is 62.4 Å². The van der Waals surface area contributed by atoms with Crippen LogP contribution < -0.4 is 54.0 Å². The smallest absolute Gasteiger partial charge is 0.243 e. The number of carbonyl (C=O) groups is 9. The van der Waals surface area contributed by atoms with Crippen LogP contribution in [0.3, 0.4) is 0 Å². The van der Waals surface area contributed by atoms with Gasteiger partial charge in [0, 0.05) is 54.8 Å². The second-order valence-electron chi connectivity index (χ2n) is 18.9. The van der Waals surface area contributed by atoms with E-state index in [9.17, 15) is 43.2 Å². The van der Waals surface area contributed by atoms with Gasteiger partial charge in [0.1, 0.15) is 36.3 Å². The Balaban J connectivity index is 1.44. The van der Waals surface area contributed by atoms with Gasteiger partial charge in [0.25, 0.3) is 0 Å². The molecule has 0 aliphatic carbocycles. The number of benzene rings is 2. The summed E-state index contributed by atoms with van der Waals surface area (Å²) in [4.78, 5) is 131. The third-order valence-corrected chi connectivity index (χ3v) is 11.9. The molecule has 22 nitrogen and oxygen atoms in total. The topological polar surface area (TPSA) is 346 Å². The van der Waals surface area contributed by atoms with Crippen LogP contribution in [0.25, 0.3) is 10.9 Å². The fraction of sp³-hybridized carbons (Fsp3) is 0.490. The highest BCUT2D eigenvalue weighted by atomic mass is 16.2. The fourth-order valence-corrected chi connectivity index (χ4v) is 7.82. The maximum absolute atomic E-state index is 14.2. The van der Waals surface area contributed by atoms with Crippen molar-refractivity contribution in [3.8, 4) is 0 Å². The lowest BCUT2D eigenvalue weighted by atomic mass is 10.0.